The van der Waals surface area contributed by atoms with E-state index in [-0.39, 0.29) is 0 Å². The van der Waals surface area contributed by atoms with Gasteiger partial charge >= 0.3 is 0 Å². The monoisotopic (exact) mass is 239 g/mol. The summed E-state index contributed by atoms with van der Waals surface area (Å²) in [5.41, 5.74) is 1.22. The van der Waals surface area contributed by atoms with Crippen LogP contribution >= 0.6 is 11.3 Å². The molecule has 1 aliphatic rings. The Morgan fingerprint density at radius 3 is 3.12 bits per heavy atom. The Morgan fingerprint density at radius 1 is 1.62 bits per heavy atom. The third-order valence-corrected chi connectivity index (χ3v) is 4.16. The van der Waals surface area contributed by atoms with Crippen LogP contribution in [0.4, 0.5) is 5.13 Å². The van der Waals surface area contributed by atoms with Crippen molar-refractivity contribution in [2.45, 2.75) is 26.2 Å². The average molecular weight is 239 g/mol. The summed E-state index contributed by atoms with van der Waals surface area (Å²) in [6.45, 7) is 5.64. The summed E-state index contributed by atoms with van der Waals surface area (Å²) in [5.74, 6) is 0.785. The summed E-state index contributed by atoms with van der Waals surface area (Å²) in [7, 11) is 2.16. The lowest BCUT2D eigenvalue weighted by molar-refractivity contribution is 0.381. The van der Waals surface area contributed by atoms with Crippen LogP contribution in [0.2, 0.25) is 0 Å². The maximum Gasteiger partial charge on any atom is 0.185 e. The number of nitrogens with zero attached hydrogens (tertiary/aromatic N) is 2. The summed E-state index contributed by atoms with van der Waals surface area (Å²) in [6, 6.07) is 0. The first-order valence-electron chi connectivity index (χ1n) is 6.16. The van der Waals surface area contributed by atoms with Crippen molar-refractivity contribution in [2.75, 3.05) is 31.6 Å². The van der Waals surface area contributed by atoms with Crippen LogP contribution in [0.25, 0.3) is 0 Å². The molecule has 0 bridgehead atoms. The second kappa shape index (κ2) is 5.64. The van der Waals surface area contributed by atoms with Gasteiger partial charge in [0.05, 0.1) is 5.69 Å². The lowest BCUT2D eigenvalue weighted by Crippen LogP contribution is -2.36. The second-order valence-electron chi connectivity index (χ2n) is 4.57. The molecule has 2 heterocycles. The fourth-order valence-corrected chi connectivity index (χ4v) is 3.06. The molecule has 0 aromatic carbocycles. The van der Waals surface area contributed by atoms with Crippen molar-refractivity contribution in [2.24, 2.45) is 5.92 Å². The molecular formula is C12H21N3S. The highest BCUT2D eigenvalue weighted by Gasteiger charge is 2.16. The molecule has 90 valence electrons. The van der Waals surface area contributed by atoms with E-state index in [2.05, 4.69) is 34.6 Å². The lowest BCUT2D eigenvalue weighted by atomic mass is 9.99. The molecule has 0 saturated carbocycles. The molecule has 0 radical (unpaired) electrons. The maximum absolute atomic E-state index is 4.62. The number of aromatic nitrogens is 1. The zero-order valence-electron chi connectivity index (χ0n) is 10.2. The van der Waals surface area contributed by atoms with Crippen LogP contribution in [0.5, 0.6) is 0 Å². The van der Waals surface area contributed by atoms with E-state index < -0.39 is 0 Å². The largest absolute Gasteiger partial charge is 0.351 e. The quantitative estimate of drug-likeness (QED) is 0.872. The standard InChI is InChI=1S/C12H21N3S/c1-3-11-9-16-12(14-11)15(2)8-10-5-4-6-13-7-10/h9-10,13H,3-8H2,1-2H3. The zero-order chi connectivity index (χ0) is 11.4. The summed E-state index contributed by atoms with van der Waals surface area (Å²) in [4.78, 5) is 6.93. The van der Waals surface area contributed by atoms with E-state index in [9.17, 15) is 0 Å². The highest BCUT2D eigenvalue weighted by Crippen LogP contribution is 2.21. The molecule has 1 fully saturated rings. The highest BCUT2D eigenvalue weighted by atomic mass is 32.1. The van der Waals surface area contributed by atoms with Gasteiger partial charge in [0.1, 0.15) is 0 Å². The molecule has 0 amide bonds. The lowest BCUT2D eigenvalue weighted by Gasteiger charge is -2.27. The molecule has 1 N–H and O–H groups in total. The normalized spacial score (nSPS) is 21.0. The number of anilines is 1. The predicted molar refractivity (Wildman–Crippen MR) is 70.4 cm³/mol. The van der Waals surface area contributed by atoms with Crippen LogP contribution in [-0.2, 0) is 6.42 Å². The van der Waals surface area contributed by atoms with Crippen molar-refractivity contribution in [3.05, 3.63) is 11.1 Å². The van der Waals surface area contributed by atoms with Crippen LogP contribution in [0.1, 0.15) is 25.5 Å². The van der Waals surface area contributed by atoms with E-state index in [0.717, 1.165) is 25.4 Å². The van der Waals surface area contributed by atoms with Gasteiger partial charge in [-0.25, -0.2) is 4.98 Å². The molecule has 0 aliphatic carbocycles. The smallest absolute Gasteiger partial charge is 0.185 e. The third kappa shape index (κ3) is 2.95. The summed E-state index contributed by atoms with van der Waals surface area (Å²) in [6.07, 6.45) is 3.70. The number of thiazole rings is 1. The number of rotatable bonds is 4. The fraction of sp³-hybridized carbons (Fsp3) is 0.750. The van der Waals surface area contributed by atoms with E-state index >= 15 is 0 Å². The van der Waals surface area contributed by atoms with E-state index in [0.29, 0.717) is 0 Å². The molecule has 1 unspecified atom stereocenters. The van der Waals surface area contributed by atoms with Gasteiger partial charge in [-0.05, 0) is 38.3 Å². The Morgan fingerprint density at radius 2 is 2.50 bits per heavy atom. The van der Waals surface area contributed by atoms with Crippen molar-refractivity contribution in [1.82, 2.24) is 10.3 Å². The number of piperidine rings is 1. The van der Waals surface area contributed by atoms with Gasteiger partial charge in [-0.15, -0.1) is 11.3 Å². The second-order valence-corrected chi connectivity index (χ2v) is 5.40. The summed E-state index contributed by atoms with van der Waals surface area (Å²) >= 11 is 1.77. The number of hydrogen-bond donors (Lipinski definition) is 1. The average Bonchev–Trinajstić information content (AvgIpc) is 2.79. The molecule has 1 aromatic rings. The number of aryl methyl sites for hydroxylation is 1. The van der Waals surface area contributed by atoms with E-state index in [4.69, 9.17) is 0 Å². The van der Waals surface area contributed by atoms with E-state index in [1.807, 2.05) is 0 Å². The fourth-order valence-electron chi connectivity index (χ4n) is 2.18. The Kier molecular flexibility index (Phi) is 4.18. The Labute approximate surface area is 102 Å². The number of hydrogen-bond acceptors (Lipinski definition) is 4. The Hall–Kier alpha value is -0.610. The first-order valence-corrected chi connectivity index (χ1v) is 7.03. The van der Waals surface area contributed by atoms with Crippen LogP contribution in [0.15, 0.2) is 5.38 Å². The van der Waals surface area contributed by atoms with Gasteiger partial charge in [-0.2, -0.15) is 0 Å². The topological polar surface area (TPSA) is 28.2 Å². The van der Waals surface area contributed by atoms with Gasteiger partial charge < -0.3 is 10.2 Å². The van der Waals surface area contributed by atoms with Gasteiger partial charge in [0, 0.05) is 19.0 Å². The minimum atomic E-state index is 0.785. The van der Waals surface area contributed by atoms with Crippen molar-refractivity contribution >= 4 is 16.5 Å². The molecule has 16 heavy (non-hydrogen) atoms. The Balaban J connectivity index is 1.88. The summed E-state index contributed by atoms with van der Waals surface area (Å²) in [5, 5.41) is 6.80. The zero-order valence-corrected chi connectivity index (χ0v) is 11.0. The van der Waals surface area contributed by atoms with Crippen LogP contribution in [0.3, 0.4) is 0 Å². The van der Waals surface area contributed by atoms with Gasteiger partial charge in [-0.3, -0.25) is 0 Å². The van der Waals surface area contributed by atoms with Crippen molar-refractivity contribution in [1.29, 1.82) is 0 Å². The van der Waals surface area contributed by atoms with Crippen molar-refractivity contribution in [3.63, 3.8) is 0 Å². The minimum Gasteiger partial charge on any atom is -0.351 e. The minimum absolute atomic E-state index is 0.785. The molecule has 1 aliphatic heterocycles. The molecule has 3 nitrogen and oxygen atoms in total. The third-order valence-electron chi connectivity index (χ3n) is 3.16. The molecule has 1 saturated heterocycles. The molecular weight excluding hydrogens is 218 g/mol. The van der Waals surface area contributed by atoms with E-state index in [1.165, 1.54) is 30.2 Å². The molecule has 4 heteroatoms. The SMILES string of the molecule is CCc1csc(N(C)CC2CCCNC2)n1. The molecule has 1 atom stereocenters. The first-order chi connectivity index (χ1) is 7.79. The van der Waals surface area contributed by atoms with Gasteiger partial charge in [0.2, 0.25) is 0 Å². The maximum atomic E-state index is 4.62. The molecule has 0 spiro atoms. The van der Waals surface area contributed by atoms with Gasteiger partial charge in [-0.1, -0.05) is 6.92 Å². The predicted octanol–water partition coefficient (Wildman–Crippen LogP) is 2.14. The van der Waals surface area contributed by atoms with Gasteiger partial charge in [0.15, 0.2) is 5.13 Å². The van der Waals surface area contributed by atoms with Gasteiger partial charge in [0.25, 0.3) is 0 Å². The van der Waals surface area contributed by atoms with Crippen LogP contribution in [-0.4, -0.2) is 31.7 Å². The summed E-state index contributed by atoms with van der Waals surface area (Å²) < 4.78 is 0. The Bertz CT molecular complexity index is 318. The van der Waals surface area contributed by atoms with Crippen LogP contribution < -0.4 is 10.2 Å². The van der Waals surface area contributed by atoms with Crippen LogP contribution in [0, 0.1) is 5.92 Å². The molecule has 2 rings (SSSR count). The van der Waals surface area contributed by atoms with Crippen molar-refractivity contribution in [3.8, 4) is 0 Å². The first kappa shape index (κ1) is 11.9. The highest BCUT2D eigenvalue weighted by molar-refractivity contribution is 7.13. The molecule has 1 aromatic heterocycles. The van der Waals surface area contributed by atoms with Crippen molar-refractivity contribution < 1.29 is 0 Å². The number of nitrogens with one attached hydrogen (secondary N) is 1. The van der Waals surface area contributed by atoms with E-state index in [1.54, 1.807) is 11.3 Å².